The Labute approximate surface area is 118 Å². The fourth-order valence-electron chi connectivity index (χ4n) is 1.83. The largest absolute Gasteiger partial charge is 0.471 e. The highest BCUT2D eigenvalue weighted by molar-refractivity contribution is 6.13. The number of hydrogen-bond acceptors (Lipinski definition) is 4. The number of piperazine rings is 1. The van der Waals surface area contributed by atoms with E-state index in [2.05, 4.69) is 0 Å². The third-order valence-electron chi connectivity index (χ3n) is 2.89. The van der Waals surface area contributed by atoms with Crippen LogP contribution in [0.3, 0.4) is 0 Å². The maximum atomic E-state index is 12.4. The Morgan fingerprint density at radius 3 is 1.18 bits per heavy atom. The van der Waals surface area contributed by atoms with Gasteiger partial charge in [0.05, 0.1) is 0 Å². The highest BCUT2D eigenvalue weighted by Gasteiger charge is 2.57. The molecule has 0 aromatic heterocycles. The minimum atomic E-state index is -5.50. The van der Waals surface area contributed by atoms with E-state index >= 15 is 0 Å². The lowest BCUT2D eigenvalue weighted by atomic mass is 10.1. The second kappa shape index (κ2) is 5.25. The van der Waals surface area contributed by atoms with Gasteiger partial charge in [0.2, 0.25) is 0 Å². The summed E-state index contributed by atoms with van der Waals surface area (Å²) in [5.41, 5.74) is 0. The predicted molar refractivity (Wildman–Crippen MR) is 54.7 cm³/mol. The van der Waals surface area contributed by atoms with Crippen LogP contribution in [0.15, 0.2) is 0 Å². The van der Waals surface area contributed by atoms with Crippen LogP contribution < -0.4 is 0 Å². The highest BCUT2D eigenvalue weighted by Crippen LogP contribution is 2.28. The van der Waals surface area contributed by atoms with Crippen molar-refractivity contribution in [2.75, 3.05) is 0 Å². The first-order valence-corrected chi connectivity index (χ1v) is 5.59. The standard InChI is InChI=1S/C10H8F6N2O4/c1-3-5(19)18(8(22)10(14,15)16)4(2)6(20)17(3)7(21)9(11,12)13/h3-4H,1-2H3. The lowest BCUT2D eigenvalue weighted by Crippen LogP contribution is -2.68. The number of hydrogen-bond donors (Lipinski definition) is 0. The Morgan fingerprint density at radius 2 is 1.00 bits per heavy atom. The van der Waals surface area contributed by atoms with Crippen molar-refractivity contribution >= 4 is 23.6 Å². The average Bonchev–Trinajstić information content (AvgIpc) is 2.34. The lowest BCUT2D eigenvalue weighted by Gasteiger charge is -2.40. The molecular formula is C10H8F6N2O4. The molecule has 0 spiro atoms. The first-order valence-electron chi connectivity index (χ1n) is 5.59. The molecule has 0 bridgehead atoms. The summed E-state index contributed by atoms with van der Waals surface area (Å²) in [6, 6.07) is -4.38. The van der Waals surface area contributed by atoms with Crippen molar-refractivity contribution in [3.63, 3.8) is 0 Å². The van der Waals surface area contributed by atoms with Crippen LogP contribution in [0.2, 0.25) is 0 Å². The van der Waals surface area contributed by atoms with Crippen molar-refractivity contribution in [2.24, 2.45) is 0 Å². The molecule has 1 heterocycles. The molecule has 22 heavy (non-hydrogen) atoms. The fraction of sp³-hybridized carbons (Fsp3) is 0.600. The SMILES string of the molecule is CC1C(=O)N(C(=O)C(F)(F)F)C(C)C(=O)N1C(=O)C(F)(F)F. The predicted octanol–water partition coefficient (Wildman–Crippen LogP) is 0.612. The average molecular weight is 334 g/mol. The molecule has 0 N–H and O–H groups in total. The molecule has 0 aliphatic carbocycles. The molecule has 1 fully saturated rings. The second-order valence-electron chi connectivity index (χ2n) is 4.37. The van der Waals surface area contributed by atoms with Gasteiger partial charge >= 0.3 is 24.2 Å². The minimum Gasteiger partial charge on any atom is -0.272 e. The van der Waals surface area contributed by atoms with Gasteiger partial charge in [-0.3, -0.25) is 29.0 Å². The van der Waals surface area contributed by atoms with Crippen LogP contribution in [0.5, 0.6) is 0 Å². The van der Waals surface area contributed by atoms with E-state index in [9.17, 15) is 45.5 Å². The molecule has 12 heteroatoms. The van der Waals surface area contributed by atoms with Gasteiger partial charge in [-0.05, 0) is 13.8 Å². The van der Waals surface area contributed by atoms with Crippen LogP contribution in [0, 0.1) is 0 Å². The van der Waals surface area contributed by atoms with E-state index in [0.717, 1.165) is 0 Å². The van der Waals surface area contributed by atoms with Gasteiger partial charge in [-0.15, -0.1) is 0 Å². The molecule has 6 nitrogen and oxygen atoms in total. The van der Waals surface area contributed by atoms with Crippen LogP contribution in [-0.4, -0.2) is 57.9 Å². The summed E-state index contributed by atoms with van der Waals surface area (Å²) in [7, 11) is 0. The molecule has 1 aliphatic heterocycles. The smallest absolute Gasteiger partial charge is 0.272 e. The summed E-state index contributed by atoms with van der Waals surface area (Å²) in [6.45, 7) is 1.23. The quantitative estimate of drug-likeness (QED) is 0.609. The van der Waals surface area contributed by atoms with Crippen molar-refractivity contribution < 1.29 is 45.5 Å². The monoisotopic (exact) mass is 334 g/mol. The van der Waals surface area contributed by atoms with Gasteiger partial charge in [0.25, 0.3) is 11.8 Å². The Kier molecular flexibility index (Phi) is 4.27. The van der Waals surface area contributed by atoms with Gasteiger partial charge < -0.3 is 0 Å². The fourth-order valence-corrected chi connectivity index (χ4v) is 1.83. The first-order chi connectivity index (χ1) is 9.71. The zero-order valence-corrected chi connectivity index (χ0v) is 10.9. The number of amides is 4. The molecular weight excluding hydrogens is 326 g/mol. The molecule has 2 atom stereocenters. The number of rotatable bonds is 0. The minimum absolute atomic E-state index is 0.493. The van der Waals surface area contributed by atoms with E-state index in [1.807, 2.05) is 0 Å². The van der Waals surface area contributed by atoms with E-state index in [1.165, 1.54) is 0 Å². The Bertz CT molecular complexity index is 493. The number of carbonyl (C=O) groups excluding carboxylic acids is 4. The molecule has 1 aliphatic rings. The van der Waals surface area contributed by atoms with Crippen molar-refractivity contribution in [3.8, 4) is 0 Å². The Morgan fingerprint density at radius 1 is 0.773 bits per heavy atom. The maximum absolute atomic E-state index is 12.4. The zero-order valence-electron chi connectivity index (χ0n) is 10.9. The summed E-state index contributed by atoms with van der Waals surface area (Å²) in [5.74, 6) is -8.84. The van der Waals surface area contributed by atoms with Crippen molar-refractivity contribution in [1.82, 2.24) is 9.80 Å². The number of alkyl halides is 6. The molecule has 0 aromatic carbocycles. The van der Waals surface area contributed by atoms with Gasteiger partial charge in [-0.1, -0.05) is 0 Å². The van der Waals surface area contributed by atoms with Gasteiger partial charge in [-0.2, -0.15) is 26.3 Å². The molecule has 4 amide bonds. The summed E-state index contributed by atoms with van der Waals surface area (Å²) >= 11 is 0. The maximum Gasteiger partial charge on any atom is 0.471 e. The lowest BCUT2D eigenvalue weighted by molar-refractivity contribution is -0.203. The molecule has 2 unspecified atom stereocenters. The molecule has 0 aromatic rings. The third kappa shape index (κ3) is 2.90. The summed E-state index contributed by atoms with van der Waals surface area (Å²) in [5, 5.41) is 0. The topological polar surface area (TPSA) is 74.8 Å². The summed E-state index contributed by atoms with van der Waals surface area (Å²) in [6.07, 6.45) is -11.0. The van der Waals surface area contributed by atoms with E-state index in [-0.39, 0.29) is 0 Å². The molecule has 124 valence electrons. The highest BCUT2D eigenvalue weighted by atomic mass is 19.4. The molecule has 1 rings (SSSR count). The van der Waals surface area contributed by atoms with Crippen molar-refractivity contribution in [1.29, 1.82) is 0 Å². The van der Waals surface area contributed by atoms with Gasteiger partial charge in [0.15, 0.2) is 0 Å². The molecule has 0 saturated carbocycles. The third-order valence-corrected chi connectivity index (χ3v) is 2.89. The Balaban J connectivity index is 3.24. The van der Waals surface area contributed by atoms with E-state index < -0.39 is 57.9 Å². The molecule has 1 saturated heterocycles. The first kappa shape index (κ1) is 17.9. The number of imide groups is 2. The van der Waals surface area contributed by atoms with Gasteiger partial charge in [0, 0.05) is 0 Å². The van der Waals surface area contributed by atoms with Crippen LogP contribution in [0.4, 0.5) is 26.3 Å². The van der Waals surface area contributed by atoms with Crippen LogP contribution in [0.1, 0.15) is 13.8 Å². The van der Waals surface area contributed by atoms with E-state index in [0.29, 0.717) is 13.8 Å². The van der Waals surface area contributed by atoms with E-state index in [4.69, 9.17) is 0 Å². The van der Waals surface area contributed by atoms with Crippen molar-refractivity contribution in [2.45, 2.75) is 38.3 Å². The van der Waals surface area contributed by atoms with Gasteiger partial charge in [0.1, 0.15) is 12.1 Å². The zero-order chi connectivity index (χ0) is 17.6. The van der Waals surface area contributed by atoms with E-state index in [1.54, 1.807) is 0 Å². The number of carbonyl (C=O) groups is 4. The van der Waals surface area contributed by atoms with Crippen LogP contribution >= 0.6 is 0 Å². The normalized spacial score (nSPS) is 23.8. The molecule has 0 radical (unpaired) electrons. The summed E-state index contributed by atoms with van der Waals surface area (Å²) in [4.78, 5) is 44.6. The summed E-state index contributed by atoms with van der Waals surface area (Å²) < 4.78 is 74.2. The number of halogens is 6. The van der Waals surface area contributed by atoms with Crippen molar-refractivity contribution in [3.05, 3.63) is 0 Å². The Hall–Kier alpha value is -2.14. The second-order valence-corrected chi connectivity index (χ2v) is 4.37. The number of nitrogens with zero attached hydrogens (tertiary/aromatic N) is 2. The van der Waals surface area contributed by atoms with Crippen LogP contribution in [0.25, 0.3) is 0 Å². The van der Waals surface area contributed by atoms with Gasteiger partial charge in [-0.25, -0.2) is 0 Å². The van der Waals surface area contributed by atoms with Crippen LogP contribution in [-0.2, 0) is 19.2 Å².